The van der Waals surface area contributed by atoms with E-state index in [1.54, 1.807) is 0 Å². The normalized spacial score (nSPS) is 11.8. The molecule has 2 aromatic carbocycles. The number of benzene rings is 2. The van der Waals surface area contributed by atoms with E-state index in [1.165, 1.54) is 36.4 Å². The third-order valence-electron chi connectivity index (χ3n) is 2.30. The molecule has 1 N–H and O–H groups in total. The van der Waals surface area contributed by atoms with Crippen molar-refractivity contribution in [3.63, 3.8) is 0 Å². The van der Waals surface area contributed by atoms with E-state index < -0.39 is 10.5 Å². The molecule has 116 valence electrons. The first kappa shape index (κ1) is 16.5. The van der Waals surface area contributed by atoms with Crippen molar-refractivity contribution in [3.8, 4) is 11.5 Å². The minimum Gasteiger partial charge on any atom is -0.505 e. The summed E-state index contributed by atoms with van der Waals surface area (Å²) in [4.78, 5) is 0. The van der Waals surface area contributed by atoms with Gasteiger partial charge in [0.1, 0.15) is 5.75 Å². The Bertz CT molecular complexity index is 820. The average molecular weight is 365 g/mol. The van der Waals surface area contributed by atoms with E-state index in [9.17, 15) is 17.4 Å². The minimum absolute atomic E-state index is 0.00190. The van der Waals surface area contributed by atoms with Gasteiger partial charge in [-0.1, -0.05) is 33.2 Å². The van der Waals surface area contributed by atoms with E-state index in [1.807, 2.05) is 0 Å². The summed E-state index contributed by atoms with van der Waals surface area (Å²) in [5, 5.41) is 17.1. The van der Waals surface area contributed by atoms with Crippen LogP contribution in [0.15, 0.2) is 46.6 Å². The molecule has 0 saturated heterocycles. The summed E-state index contributed by atoms with van der Waals surface area (Å²) in [5.41, 5.74) is 0.471. The summed E-state index contributed by atoms with van der Waals surface area (Å²) in [7, 11) is -5.11. The van der Waals surface area contributed by atoms with Gasteiger partial charge >= 0.3 is 10.5 Å². The molecule has 22 heavy (non-hydrogen) atoms. The van der Waals surface area contributed by atoms with Crippen molar-refractivity contribution < 1.29 is 21.6 Å². The second-order valence-electron chi connectivity index (χ2n) is 3.93. The van der Waals surface area contributed by atoms with Crippen LogP contribution in [0.4, 0.5) is 15.3 Å². The molecular formula is C12H7Cl2FN2O4S. The fraction of sp³-hybridized carbons (Fsp3) is 0. The van der Waals surface area contributed by atoms with Gasteiger partial charge in [-0.3, -0.25) is 0 Å². The van der Waals surface area contributed by atoms with Gasteiger partial charge in [0.15, 0.2) is 5.75 Å². The molecular weight excluding hydrogens is 358 g/mol. The van der Waals surface area contributed by atoms with E-state index >= 15 is 0 Å². The van der Waals surface area contributed by atoms with Gasteiger partial charge in [0.05, 0.1) is 21.4 Å². The van der Waals surface area contributed by atoms with Crippen LogP contribution < -0.4 is 4.18 Å². The molecule has 0 amide bonds. The SMILES string of the molecule is O=S(=O)(F)Oc1cccc(N=Nc2cc(Cl)c(O)c(Cl)c2)c1. The highest BCUT2D eigenvalue weighted by Gasteiger charge is 2.10. The van der Waals surface area contributed by atoms with Crippen LogP contribution in [-0.4, -0.2) is 13.5 Å². The lowest BCUT2D eigenvalue weighted by molar-refractivity contribution is 0.440. The van der Waals surface area contributed by atoms with E-state index in [0.717, 1.165) is 0 Å². The van der Waals surface area contributed by atoms with E-state index in [4.69, 9.17) is 23.2 Å². The maximum absolute atomic E-state index is 12.4. The van der Waals surface area contributed by atoms with Crippen molar-refractivity contribution in [2.45, 2.75) is 0 Å². The monoisotopic (exact) mass is 364 g/mol. The molecule has 0 aliphatic carbocycles. The van der Waals surface area contributed by atoms with Crippen LogP contribution in [0, 0.1) is 0 Å². The number of azo groups is 1. The molecule has 0 unspecified atom stereocenters. The van der Waals surface area contributed by atoms with Gasteiger partial charge < -0.3 is 9.29 Å². The van der Waals surface area contributed by atoms with Crippen molar-refractivity contribution in [1.29, 1.82) is 0 Å². The van der Waals surface area contributed by atoms with Gasteiger partial charge in [-0.2, -0.15) is 18.6 Å². The third-order valence-corrected chi connectivity index (χ3v) is 3.26. The molecule has 0 bridgehead atoms. The summed E-state index contributed by atoms with van der Waals surface area (Å²) >= 11 is 11.5. The molecule has 0 aliphatic rings. The highest BCUT2D eigenvalue weighted by molar-refractivity contribution is 7.81. The molecule has 0 fully saturated rings. The van der Waals surface area contributed by atoms with Crippen LogP contribution in [-0.2, 0) is 10.5 Å². The van der Waals surface area contributed by atoms with Crippen molar-refractivity contribution in [2.75, 3.05) is 0 Å². The van der Waals surface area contributed by atoms with Crippen LogP contribution in [0.1, 0.15) is 0 Å². The molecule has 0 heterocycles. The number of nitrogens with zero attached hydrogens (tertiary/aromatic N) is 2. The molecule has 0 aromatic heterocycles. The Labute approximate surface area is 135 Å². The topological polar surface area (TPSA) is 88.3 Å². The summed E-state index contributed by atoms with van der Waals surface area (Å²) in [5.74, 6) is -0.522. The minimum atomic E-state index is -5.11. The van der Waals surface area contributed by atoms with Gasteiger partial charge in [-0.15, -0.1) is 0 Å². The molecule has 6 nitrogen and oxygen atoms in total. The molecule has 0 radical (unpaired) electrons. The first-order valence-electron chi connectivity index (χ1n) is 5.58. The van der Waals surface area contributed by atoms with Gasteiger partial charge in [0, 0.05) is 6.07 Å². The first-order valence-corrected chi connectivity index (χ1v) is 7.65. The quantitative estimate of drug-likeness (QED) is 0.628. The molecule has 0 spiro atoms. The Hall–Kier alpha value is -1.90. The maximum atomic E-state index is 12.4. The van der Waals surface area contributed by atoms with E-state index in [-0.39, 0.29) is 32.9 Å². The lowest BCUT2D eigenvalue weighted by atomic mass is 10.3. The maximum Gasteiger partial charge on any atom is 0.488 e. The van der Waals surface area contributed by atoms with Crippen molar-refractivity contribution in [1.82, 2.24) is 0 Å². The predicted molar refractivity (Wildman–Crippen MR) is 79.4 cm³/mol. The Morgan fingerprint density at radius 1 is 1.05 bits per heavy atom. The van der Waals surface area contributed by atoms with Crippen LogP contribution in [0.25, 0.3) is 0 Å². The zero-order valence-electron chi connectivity index (χ0n) is 10.6. The molecule has 0 atom stereocenters. The summed E-state index contributed by atoms with van der Waals surface area (Å²) < 4.78 is 37.3. The van der Waals surface area contributed by atoms with Crippen LogP contribution >= 0.6 is 23.2 Å². The number of hydrogen-bond acceptors (Lipinski definition) is 6. The number of phenols is 1. The van der Waals surface area contributed by atoms with Gasteiger partial charge in [-0.25, -0.2) is 0 Å². The number of aromatic hydroxyl groups is 1. The number of phenolic OH excluding ortho intramolecular Hbond substituents is 1. The second-order valence-corrected chi connectivity index (χ2v) is 5.70. The van der Waals surface area contributed by atoms with Crippen LogP contribution in [0.3, 0.4) is 0 Å². The summed E-state index contributed by atoms with van der Waals surface area (Å²) in [6.07, 6.45) is 0. The molecule has 2 aromatic rings. The molecule has 10 heteroatoms. The lowest BCUT2D eigenvalue weighted by Crippen LogP contribution is -2.00. The largest absolute Gasteiger partial charge is 0.505 e. The van der Waals surface area contributed by atoms with E-state index in [0.29, 0.717) is 0 Å². The molecule has 2 rings (SSSR count). The Balaban J connectivity index is 2.25. The third kappa shape index (κ3) is 4.55. The highest BCUT2D eigenvalue weighted by atomic mass is 35.5. The summed E-state index contributed by atoms with van der Waals surface area (Å²) in [6.45, 7) is 0. The number of hydrogen-bond donors (Lipinski definition) is 1. The standard InChI is InChI=1S/C12H7Cl2FN2O4S/c13-10-5-8(6-11(14)12(10)18)17-16-7-2-1-3-9(4-7)21-22(15,19)20/h1-6,18H. The molecule has 0 saturated carbocycles. The Morgan fingerprint density at radius 2 is 1.64 bits per heavy atom. The molecule has 0 aliphatic heterocycles. The van der Waals surface area contributed by atoms with Gasteiger partial charge in [0.2, 0.25) is 0 Å². The van der Waals surface area contributed by atoms with Crippen LogP contribution in [0.5, 0.6) is 11.5 Å². The predicted octanol–water partition coefficient (Wildman–Crippen LogP) is 4.71. The number of halogens is 3. The van der Waals surface area contributed by atoms with Gasteiger partial charge in [0.25, 0.3) is 0 Å². The highest BCUT2D eigenvalue weighted by Crippen LogP contribution is 2.36. The Kier molecular flexibility index (Phi) is 4.84. The zero-order valence-corrected chi connectivity index (χ0v) is 12.9. The Morgan fingerprint density at radius 3 is 2.23 bits per heavy atom. The van der Waals surface area contributed by atoms with Crippen molar-refractivity contribution >= 4 is 45.1 Å². The smallest absolute Gasteiger partial charge is 0.488 e. The lowest BCUT2D eigenvalue weighted by Gasteiger charge is -2.01. The van der Waals surface area contributed by atoms with Crippen LogP contribution in [0.2, 0.25) is 10.0 Å². The first-order chi connectivity index (χ1) is 10.2. The fourth-order valence-electron chi connectivity index (χ4n) is 1.44. The average Bonchev–Trinajstić information content (AvgIpc) is 2.41. The zero-order chi connectivity index (χ0) is 16.3. The second kappa shape index (κ2) is 6.47. The van der Waals surface area contributed by atoms with E-state index in [2.05, 4.69) is 14.4 Å². The van der Waals surface area contributed by atoms with Crippen molar-refractivity contribution in [2.24, 2.45) is 10.2 Å². The fourth-order valence-corrected chi connectivity index (χ4v) is 2.25. The summed E-state index contributed by atoms with van der Waals surface area (Å²) in [6, 6.07) is 7.97. The number of rotatable bonds is 4. The van der Waals surface area contributed by atoms with Crippen molar-refractivity contribution in [3.05, 3.63) is 46.4 Å². The van der Waals surface area contributed by atoms with Gasteiger partial charge in [-0.05, 0) is 24.3 Å².